The van der Waals surface area contributed by atoms with Crippen molar-refractivity contribution in [2.75, 3.05) is 0 Å². The highest BCUT2D eigenvalue weighted by atomic mass is 32.1. The fourth-order valence-electron chi connectivity index (χ4n) is 4.11. The van der Waals surface area contributed by atoms with E-state index in [1.807, 2.05) is 29.6 Å². The fraction of sp³-hybridized carbons (Fsp3) is 0.0870. The van der Waals surface area contributed by atoms with Crippen molar-refractivity contribution < 1.29 is 14.3 Å². The number of fused-ring (bicyclic) bond motifs is 6. The van der Waals surface area contributed by atoms with Crippen LogP contribution in [0.4, 0.5) is 0 Å². The van der Waals surface area contributed by atoms with Gasteiger partial charge in [0.15, 0.2) is 18.2 Å². The lowest BCUT2D eigenvalue weighted by atomic mass is 10.0. The standard InChI is InChI=1S/C23H14N4O4S/c1-26-21(29)20-17(8-9-32-20)27-18(24-25-23(26)27)11-31-22(30)12-6-7-14-13-4-2-3-5-15(13)19(28)16(14)10-12/h2-10H,11H2,1H3. The van der Waals surface area contributed by atoms with Gasteiger partial charge in [0.2, 0.25) is 5.78 Å². The number of esters is 1. The number of carbonyl (C=O) groups is 2. The van der Waals surface area contributed by atoms with E-state index in [1.54, 1.807) is 35.7 Å². The van der Waals surface area contributed by atoms with Crippen LogP contribution in [0.15, 0.2) is 58.7 Å². The van der Waals surface area contributed by atoms with Crippen LogP contribution in [0.25, 0.3) is 27.1 Å². The summed E-state index contributed by atoms with van der Waals surface area (Å²) >= 11 is 1.33. The van der Waals surface area contributed by atoms with Crippen LogP contribution in [0.1, 0.15) is 32.1 Å². The third-order valence-electron chi connectivity index (χ3n) is 5.69. The molecule has 9 heteroatoms. The van der Waals surface area contributed by atoms with E-state index in [0.29, 0.717) is 32.9 Å². The van der Waals surface area contributed by atoms with Gasteiger partial charge in [0.25, 0.3) is 5.56 Å². The molecule has 1 aliphatic rings. The number of benzene rings is 2. The molecule has 0 saturated heterocycles. The molecule has 0 amide bonds. The smallest absolute Gasteiger partial charge is 0.338 e. The van der Waals surface area contributed by atoms with Crippen molar-refractivity contribution in [1.29, 1.82) is 0 Å². The van der Waals surface area contributed by atoms with Gasteiger partial charge in [-0.25, -0.2) is 4.79 Å². The predicted octanol–water partition coefficient (Wildman–Crippen LogP) is 3.21. The number of ketones is 1. The molecule has 5 aromatic rings. The summed E-state index contributed by atoms with van der Waals surface area (Å²) in [5, 5.41) is 10.0. The second-order valence-corrected chi connectivity index (χ2v) is 8.38. The first kappa shape index (κ1) is 18.6. The molecule has 3 heterocycles. The number of aryl methyl sites for hydroxylation is 1. The molecule has 2 aromatic carbocycles. The van der Waals surface area contributed by atoms with Gasteiger partial charge in [0.05, 0.1) is 11.1 Å². The van der Waals surface area contributed by atoms with Gasteiger partial charge < -0.3 is 4.74 Å². The largest absolute Gasteiger partial charge is 0.454 e. The monoisotopic (exact) mass is 442 g/mol. The number of carbonyl (C=O) groups excluding carboxylic acids is 2. The van der Waals surface area contributed by atoms with Crippen LogP contribution >= 0.6 is 11.3 Å². The van der Waals surface area contributed by atoms with Crippen molar-refractivity contribution in [1.82, 2.24) is 19.2 Å². The lowest BCUT2D eigenvalue weighted by molar-refractivity contribution is 0.0461. The summed E-state index contributed by atoms with van der Waals surface area (Å²) in [5.74, 6) is 0.0963. The van der Waals surface area contributed by atoms with E-state index in [-0.39, 0.29) is 23.5 Å². The van der Waals surface area contributed by atoms with Crippen LogP contribution in [0.3, 0.4) is 0 Å². The summed E-state index contributed by atoms with van der Waals surface area (Å²) in [7, 11) is 1.63. The summed E-state index contributed by atoms with van der Waals surface area (Å²) in [6.07, 6.45) is 0. The highest BCUT2D eigenvalue weighted by molar-refractivity contribution is 7.17. The quantitative estimate of drug-likeness (QED) is 0.391. The predicted molar refractivity (Wildman–Crippen MR) is 118 cm³/mol. The number of nitrogens with zero attached hydrogens (tertiary/aromatic N) is 4. The highest BCUT2D eigenvalue weighted by Crippen LogP contribution is 2.36. The molecule has 6 rings (SSSR count). The molecule has 0 fully saturated rings. The van der Waals surface area contributed by atoms with Gasteiger partial charge in [-0.05, 0) is 34.7 Å². The van der Waals surface area contributed by atoms with Gasteiger partial charge in [0.1, 0.15) is 4.70 Å². The first-order valence-electron chi connectivity index (χ1n) is 9.80. The van der Waals surface area contributed by atoms with Crippen molar-refractivity contribution in [3.63, 3.8) is 0 Å². The lowest BCUT2D eigenvalue weighted by Crippen LogP contribution is -2.19. The van der Waals surface area contributed by atoms with E-state index in [2.05, 4.69) is 10.2 Å². The minimum Gasteiger partial charge on any atom is -0.454 e. The van der Waals surface area contributed by atoms with Crippen LogP contribution in [0.2, 0.25) is 0 Å². The number of ether oxygens (including phenoxy) is 1. The third-order valence-corrected chi connectivity index (χ3v) is 6.58. The van der Waals surface area contributed by atoms with Crippen molar-refractivity contribution in [2.45, 2.75) is 6.61 Å². The van der Waals surface area contributed by atoms with E-state index in [4.69, 9.17) is 4.74 Å². The van der Waals surface area contributed by atoms with E-state index in [1.165, 1.54) is 15.9 Å². The molecule has 1 aliphatic carbocycles. The van der Waals surface area contributed by atoms with Gasteiger partial charge in [-0.2, -0.15) is 0 Å². The van der Waals surface area contributed by atoms with Gasteiger partial charge in [-0.1, -0.05) is 30.3 Å². The SMILES string of the molecule is Cn1c(=O)c2sccc2n2c(COC(=O)c3ccc4c(c3)C(=O)c3ccccc3-4)nnc12. The molecule has 0 radical (unpaired) electrons. The molecule has 0 aliphatic heterocycles. The average Bonchev–Trinajstić information content (AvgIpc) is 3.53. The maximum Gasteiger partial charge on any atom is 0.338 e. The first-order chi connectivity index (χ1) is 15.5. The van der Waals surface area contributed by atoms with E-state index < -0.39 is 5.97 Å². The first-order valence-corrected chi connectivity index (χ1v) is 10.7. The van der Waals surface area contributed by atoms with Gasteiger partial charge in [0, 0.05) is 18.2 Å². The average molecular weight is 442 g/mol. The Morgan fingerprint density at radius 1 is 1.00 bits per heavy atom. The lowest BCUT2D eigenvalue weighted by Gasteiger charge is -2.07. The molecule has 0 bridgehead atoms. The topological polar surface area (TPSA) is 95.6 Å². The van der Waals surface area contributed by atoms with Crippen LogP contribution in [-0.2, 0) is 18.4 Å². The number of hydrogen-bond acceptors (Lipinski definition) is 7. The summed E-state index contributed by atoms with van der Waals surface area (Å²) in [6, 6.07) is 14.2. The van der Waals surface area contributed by atoms with Crippen molar-refractivity contribution >= 4 is 39.1 Å². The third kappa shape index (κ3) is 2.51. The Kier molecular flexibility index (Phi) is 3.90. The molecule has 156 valence electrons. The molecule has 0 saturated carbocycles. The van der Waals surface area contributed by atoms with Gasteiger partial charge >= 0.3 is 5.97 Å². The Balaban J connectivity index is 1.31. The van der Waals surface area contributed by atoms with Gasteiger partial charge in [-0.15, -0.1) is 21.5 Å². The van der Waals surface area contributed by atoms with E-state index >= 15 is 0 Å². The van der Waals surface area contributed by atoms with E-state index in [0.717, 1.165) is 11.1 Å². The van der Waals surface area contributed by atoms with Crippen LogP contribution in [-0.4, -0.2) is 30.9 Å². The zero-order valence-electron chi connectivity index (χ0n) is 16.7. The zero-order valence-corrected chi connectivity index (χ0v) is 17.5. The molecular formula is C23H14N4O4S. The number of aromatic nitrogens is 4. The van der Waals surface area contributed by atoms with E-state index in [9.17, 15) is 14.4 Å². The molecule has 0 unspecified atom stereocenters. The van der Waals surface area contributed by atoms with Crippen molar-refractivity contribution in [3.8, 4) is 11.1 Å². The zero-order chi connectivity index (χ0) is 22.0. The Bertz CT molecular complexity index is 1660. The Morgan fingerprint density at radius 2 is 1.78 bits per heavy atom. The highest BCUT2D eigenvalue weighted by Gasteiger charge is 2.27. The van der Waals surface area contributed by atoms with Crippen LogP contribution in [0, 0.1) is 0 Å². The maximum atomic E-state index is 12.7. The Labute approximate surface area is 184 Å². The minimum absolute atomic E-state index is 0.102. The second-order valence-electron chi connectivity index (χ2n) is 7.46. The summed E-state index contributed by atoms with van der Waals surface area (Å²) in [6.45, 7) is -0.131. The molecule has 32 heavy (non-hydrogen) atoms. The van der Waals surface area contributed by atoms with Crippen molar-refractivity contribution in [3.05, 3.63) is 86.8 Å². The molecule has 0 N–H and O–H groups in total. The molecule has 3 aromatic heterocycles. The molecule has 8 nitrogen and oxygen atoms in total. The second kappa shape index (κ2) is 6.69. The number of thiophene rings is 1. The molecule has 0 spiro atoms. The van der Waals surface area contributed by atoms with Crippen LogP contribution < -0.4 is 5.56 Å². The minimum atomic E-state index is -0.570. The summed E-state index contributed by atoms with van der Waals surface area (Å²) in [5.41, 5.74) is 3.61. The normalized spacial score (nSPS) is 12.3. The maximum absolute atomic E-state index is 12.7. The molecular weight excluding hydrogens is 428 g/mol. The number of rotatable bonds is 3. The van der Waals surface area contributed by atoms with Crippen LogP contribution in [0.5, 0.6) is 0 Å². The summed E-state index contributed by atoms with van der Waals surface area (Å²) in [4.78, 5) is 37.9. The van der Waals surface area contributed by atoms with Gasteiger partial charge in [-0.3, -0.25) is 18.6 Å². The Morgan fingerprint density at radius 3 is 2.62 bits per heavy atom. The Hall–Kier alpha value is -4.11. The number of hydrogen-bond donors (Lipinski definition) is 0. The molecule has 0 atom stereocenters. The summed E-state index contributed by atoms with van der Waals surface area (Å²) < 4.78 is 9.19. The van der Waals surface area contributed by atoms with Crippen molar-refractivity contribution in [2.24, 2.45) is 7.05 Å². The fourth-order valence-corrected chi connectivity index (χ4v) is 4.97.